The summed E-state index contributed by atoms with van der Waals surface area (Å²) < 4.78 is 32.3. The van der Waals surface area contributed by atoms with Gasteiger partial charge in [-0.05, 0) is 42.2 Å². The first-order valence-corrected chi connectivity index (χ1v) is 11.4. The predicted octanol–water partition coefficient (Wildman–Crippen LogP) is 2.50. The third-order valence-electron chi connectivity index (χ3n) is 4.97. The van der Waals surface area contributed by atoms with Crippen molar-refractivity contribution in [2.45, 2.75) is 49.5 Å². The van der Waals surface area contributed by atoms with Crippen molar-refractivity contribution < 1.29 is 22.7 Å². The monoisotopic (exact) mass is 418 g/mol. The summed E-state index contributed by atoms with van der Waals surface area (Å²) in [5.41, 5.74) is 0. The molecule has 2 aromatic rings. The summed E-state index contributed by atoms with van der Waals surface area (Å²) in [4.78, 5) is 23.7. The topological polar surface area (TPSA) is 102 Å². The van der Waals surface area contributed by atoms with Gasteiger partial charge < -0.3 is 10.1 Å². The van der Waals surface area contributed by atoms with Gasteiger partial charge in [0.25, 0.3) is 5.91 Å². The van der Waals surface area contributed by atoms with Gasteiger partial charge in [0, 0.05) is 19.0 Å². The molecule has 3 rings (SSSR count). The fourth-order valence-electron chi connectivity index (χ4n) is 3.41. The number of fused-ring (bicyclic) bond motifs is 1. The Bertz CT molecular complexity index is 968. The molecule has 0 heterocycles. The Hall–Kier alpha value is -2.45. The molecule has 0 atom stereocenters. The van der Waals surface area contributed by atoms with Gasteiger partial charge in [-0.2, -0.15) is 0 Å². The molecule has 29 heavy (non-hydrogen) atoms. The highest BCUT2D eigenvalue weighted by atomic mass is 32.2. The highest BCUT2D eigenvalue weighted by Crippen LogP contribution is 2.19. The van der Waals surface area contributed by atoms with E-state index in [2.05, 4.69) is 10.0 Å². The van der Waals surface area contributed by atoms with Gasteiger partial charge in [0.15, 0.2) is 6.61 Å². The molecule has 0 aliphatic heterocycles. The lowest BCUT2D eigenvalue weighted by Crippen LogP contribution is -2.36. The third kappa shape index (κ3) is 6.27. The Morgan fingerprint density at radius 3 is 2.52 bits per heavy atom. The summed E-state index contributed by atoms with van der Waals surface area (Å²) in [5, 5.41) is 4.65. The SMILES string of the molecule is O=C(COC(=O)CCCNS(=O)(=O)c1ccc2ccccc2c1)NC1CCCC1. The van der Waals surface area contributed by atoms with Crippen molar-refractivity contribution in [2.24, 2.45) is 0 Å². The maximum absolute atomic E-state index is 12.4. The van der Waals surface area contributed by atoms with Crippen LogP contribution >= 0.6 is 0 Å². The second-order valence-corrected chi connectivity index (χ2v) is 8.99. The second kappa shape index (κ2) is 9.84. The van der Waals surface area contributed by atoms with Crippen molar-refractivity contribution in [3.05, 3.63) is 42.5 Å². The number of nitrogens with one attached hydrogen (secondary N) is 2. The summed E-state index contributed by atoms with van der Waals surface area (Å²) in [6.45, 7) is -0.184. The molecule has 0 aromatic heterocycles. The lowest BCUT2D eigenvalue weighted by atomic mass is 10.1. The zero-order valence-corrected chi connectivity index (χ0v) is 17.0. The number of hydrogen-bond donors (Lipinski definition) is 2. The van der Waals surface area contributed by atoms with Gasteiger partial charge >= 0.3 is 5.97 Å². The number of carbonyl (C=O) groups excluding carboxylic acids is 2. The van der Waals surface area contributed by atoms with Gasteiger partial charge in [-0.3, -0.25) is 9.59 Å². The smallest absolute Gasteiger partial charge is 0.306 e. The Kier molecular flexibility index (Phi) is 7.22. The van der Waals surface area contributed by atoms with Crippen molar-refractivity contribution >= 4 is 32.7 Å². The molecule has 0 saturated heterocycles. The molecule has 0 unspecified atom stereocenters. The molecule has 0 spiro atoms. The van der Waals surface area contributed by atoms with Crippen LogP contribution in [0.4, 0.5) is 0 Å². The van der Waals surface area contributed by atoms with Gasteiger partial charge in [-0.1, -0.05) is 43.2 Å². The molecule has 0 bridgehead atoms. The Morgan fingerprint density at radius 2 is 1.76 bits per heavy atom. The maximum atomic E-state index is 12.4. The molecule has 8 heteroatoms. The summed E-state index contributed by atoms with van der Waals surface area (Å²) in [5.74, 6) is -0.807. The fourth-order valence-corrected chi connectivity index (χ4v) is 4.52. The summed E-state index contributed by atoms with van der Waals surface area (Å²) in [6.07, 6.45) is 4.49. The molecule has 1 fully saturated rings. The normalized spacial score (nSPS) is 14.8. The van der Waals surface area contributed by atoms with Crippen molar-refractivity contribution in [3.63, 3.8) is 0 Å². The summed E-state index contributed by atoms with van der Waals surface area (Å²) in [6, 6.07) is 12.6. The number of benzene rings is 2. The predicted molar refractivity (Wildman–Crippen MR) is 110 cm³/mol. The Labute approximate surface area is 170 Å². The van der Waals surface area contributed by atoms with E-state index in [1.807, 2.05) is 24.3 Å². The lowest BCUT2D eigenvalue weighted by Gasteiger charge is -2.12. The first kappa shape index (κ1) is 21.3. The molecule has 1 aliphatic carbocycles. The molecule has 2 N–H and O–H groups in total. The highest BCUT2D eigenvalue weighted by molar-refractivity contribution is 7.89. The third-order valence-corrected chi connectivity index (χ3v) is 6.42. The van der Waals surface area contributed by atoms with Crippen LogP contribution in [0, 0.1) is 0 Å². The molecule has 1 amide bonds. The van der Waals surface area contributed by atoms with E-state index in [4.69, 9.17) is 4.74 Å². The maximum Gasteiger partial charge on any atom is 0.306 e. The number of sulfonamides is 1. The zero-order valence-electron chi connectivity index (χ0n) is 16.2. The zero-order chi connectivity index (χ0) is 20.7. The van der Waals surface area contributed by atoms with Crippen LogP contribution in [-0.4, -0.2) is 39.5 Å². The van der Waals surface area contributed by atoms with E-state index in [1.54, 1.807) is 18.2 Å². The molecular weight excluding hydrogens is 392 g/mol. The van der Waals surface area contributed by atoms with E-state index in [9.17, 15) is 18.0 Å². The first-order valence-electron chi connectivity index (χ1n) is 9.87. The van der Waals surface area contributed by atoms with Crippen LogP contribution in [0.1, 0.15) is 38.5 Å². The minimum Gasteiger partial charge on any atom is -0.456 e. The second-order valence-electron chi connectivity index (χ2n) is 7.22. The summed E-state index contributed by atoms with van der Waals surface area (Å²) >= 11 is 0. The van der Waals surface area contributed by atoms with Crippen molar-refractivity contribution in [1.29, 1.82) is 0 Å². The van der Waals surface area contributed by atoms with Crippen LogP contribution in [0.2, 0.25) is 0 Å². The molecule has 1 aliphatic rings. The number of hydrogen-bond acceptors (Lipinski definition) is 5. The van der Waals surface area contributed by atoms with Crippen molar-refractivity contribution in [3.8, 4) is 0 Å². The van der Waals surface area contributed by atoms with Gasteiger partial charge in [0.05, 0.1) is 4.90 Å². The quantitative estimate of drug-likeness (QED) is 0.481. The number of rotatable bonds is 9. The molecule has 1 saturated carbocycles. The van der Waals surface area contributed by atoms with Crippen molar-refractivity contribution in [1.82, 2.24) is 10.0 Å². The van der Waals surface area contributed by atoms with Gasteiger partial charge in [-0.25, -0.2) is 13.1 Å². The van der Waals surface area contributed by atoms with E-state index in [1.165, 1.54) is 0 Å². The molecule has 0 radical (unpaired) electrons. The standard InChI is InChI=1S/C21H26N2O5S/c24-20(23-18-8-3-4-9-18)15-28-21(25)10-5-13-22-29(26,27)19-12-11-16-6-1-2-7-17(16)14-19/h1-2,6-7,11-12,14,18,22H,3-5,8-10,13,15H2,(H,23,24). The molecule has 2 aromatic carbocycles. The minimum absolute atomic E-state index is 0.0386. The first-order chi connectivity index (χ1) is 13.9. The average Bonchev–Trinajstić information content (AvgIpc) is 3.22. The van der Waals surface area contributed by atoms with Crippen LogP contribution in [0.5, 0.6) is 0 Å². The average molecular weight is 419 g/mol. The fraction of sp³-hybridized carbons (Fsp3) is 0.429. The van der Waals surface area contributed by atoms with E-state index < -0.39 is 16.0 Å². The van der Waals surface area contributed by atoms with Gasteiger partial charge in [-0.15, -0.1) is 0 Å². The van der Waals surface area contributed by atoms with Gasteiger partial charge in [0.2, 0.25) is 10.0 Å². The van der Waals surface area contributed by atoms with Crippen LogP contribution in [0.3, 0.4) is 0 Å². The molecule has 7 nitrogen and oxygen atoms in total. The van der Waals surface area contributed by atoms with E-state index in [0.29, 0.717) is 0 Å². The van der Waals surface area contributed by atoms with E-state index in [0.717, 1.165) is 36.5 Å². The number of esters is 1. The van der Waals surface area contributed by atoms with Crippen LogP contribution in [-0.2, 0) is 24.3 Å². The minimum atomic E-state index is -3.66. The molecule has 156 valence electrons. The highest BCUT2D eigenvalue weighted by Gasteiger charge is 2.18. The largest absolute Gasteiger partial charge is 0.456 e. The van der Waals surface area contributed by atoms with E-state index >= 15 is 0 Å². The van der Waals surface area contributed by atoms with Crippen LogP contribution in [0.15, 0.2) is 47.4 Å². The van der Waals surface area contributed by atoms with Crippen molar-refractivity contribution in [2.75, 3.05) is 13.2 Å². The number of carbonyl (C=O) groups is 2. The number of amides is 1. The van der Waals surface area contributed by atoms with E-state index in [-0.39, 0.29) is 42.8 Å². The Balaban J connectivity index is 1.38. The van der Waals surface area contributed by atoms with Crippen LogP contribution in [0.25, 0.3) is 10.8 Å². The lowest BCUT2D eigenvalue weighted by molar-refractivity contribution is -0.148. The van der Waals surface area contributed by atoms with Gasteiger partial charge in [0.1, 0.15) is 0 Å². The molecular formula is C21H26N2O5S. The summed E-state index contributed by atoms with van der Waals surface area (Å²) in [7, 11) is -3.66. The van der Waals surface area contributed by atoms with Crippen LogP contribution < -0.4 is 10.0 Å². The Morgan fingerprint density at radius 1 is 1.03 bits per heavy atom. The number of ether oxygens (including phenoxy) is 1.